The van der Waals surface area contributed by atoms with Crippen molar-refractivity contribution in [3.63, 3.8) is 0 Å². The molecule has 1 fully saturated rings. The molecule has 4 aromatic rings. The zero-order valence-corrected chi connectivity index (χ0v) is 17.9. The van der Waals surface area contributed by atoms with Gasteiger partial charge in [-0.3, -0.25) is 9.88 Å². The molecule has 1 aliphatic heterocycles. The number of para-hydroxylation sites is 1. The van der Waals surface area contributed by atoms with E-state index in [4.69, 9.17) is 4.98 Å². The van der Waals surface area contributed by atoms with Crippen LogP contribution < -0.4 is 4.90 Å². The minimum atomic E-state index is 0.953. The van der Waals surface area contributed by atoms with Gasteiger partial charge >= 0.3 is 0 Å². The molecule has 0 amide bonds. The number of nitrogens with one attached hydrogen (secondary N) is 1. The Labute approximate surface area is 181 Å². The maximum atomic E-state index is 4.82. The normalized spacial score (nSPS) is 15.1. The molecule has 0 aliphatic carbocycles. The lowest BCUT2D eigenvalue weighted by molar-refractivity contribution is 0.253. The highest BCUT2D eigenvalue weighted by molar-refractivity contribution is 7.14. The fourth-order valence-corrected chi connectivity index (χ4v) is 5.07. The van der Waals surface area contributed by atoms with Crippen molar-refractivity contribution in [2.75, 3.05) is 37.6 Å². The van der Waals surface area contributed by atoms with Crippen molar-refractivity contribution >= 4 is 27.4 Å². The summed E-state index contributed by atoms with van der Waals surface area (Å²) in [5, 5.41) is 4.61. The van der Waals surface area contributed by atoms with Gasteiger partial charge in [0, 0.05) is 54.9 Å². The molecule has 0 saturated carbocycles. The van der Waals surface area contributed by atoms with Crippen molar-refractivity contribution in [3.05, 3.63) is 65.8 Å². The molecule has 0 unspecified atom stereocenters. The molecule has 0 spiro atoms. The van der Waals surface area contributed by atoms with Gasteiger partial charge in [-0.2, -0.15) is 0 Å². The largest absolute Gasteiger partial charge is 0.361 e. The molecule has 154 valence electrons. The summed E-state index contributed by atoms with van der Waals surface area (Å²) in [7, 11) is 0. The Hall–Kier alpha value is -2.70. The monoisotopic (exact) mass is 417 g/mol. The third-order valence-corrected chi connectivity index (χ3v) is 6.81. The summed E-state index contributed by atoms with van der Waals surface area (Å²) in [4.78, 5) is 17.6. The summed E-state index contributed by atoms with van der Waals surface area (Å²) in [6.07, 6.45) is 7.64. The number of H-pyrrole nitrogens is 1. The van der Waals surface area contributed by atoms with E-state index in [1.54, 1.807) is 11.3 Å². The highest BCUT2D eigenvalue weighted by Gasteiger charge is 2.19. The van der Waals surface area contributed by atoms with Crippen LogP contribution in [0.15, 0.2) is 60.2 Å². The molecule has 6 heteroatoms. The number of benzene rings is 1. The fraction of sp³-hybridized carbons (Fsp3) is 0.333. The Morgan fingerprint density at radius 1 is 0.933 bits per heavy atom. The second kappa shape index (κ2) is 8.98. The van der Waals surface area contributed by atoms with Crippen molar-refractivity contribution < 1.29 is 0 Å². The molecule has 30 heavy (non-hydrogen) atoms. The Kier molecular flexibility index (Phi) is 5.77. The number of pyridine rings is 1. The van der Waals surface area contributed by atoms with Crippen LogP contribution >= 0.6 is 11.3 Å². The minimum absolute atomic E-state index is 0.953. The van der Waals surface area contributed by atoms with E-state index in [9.17, 15) is 0 Å². The lowest BCUT2D eigenvalue weighted by atomic mass is 10.1. The van der Waals surface area contributed by atoms with Crippen LogP contribution in [0.2, 0.25) is 0 Å². The smallest absolute Gasteiger partial charge is 0.186 e. The Morgan fingerprint density at radius 2 is 1.80 bits per heavy atom. The summed E-state index contributed by atoms with van der Waals surface area (Å²) in [6, 6.07) is 14.6. The van der Waals surface area contributed by atoms with E-state index < -0.39 is 0 Å². The number of hydrogen-bond donors (Lipinski definition) is 1. The van der Waals surface area contributed by atoms with Gasteiger partial charge < -0.3 is 9.88 Å². The van der Waals surface area contributed by atoms with Crippen molar-refractivity contribution in [1.29, 1.82) is 0 Å². The van der Waals surface area contributed by atoms with Gasteiger partial charge in [-0.1, -0.05) is 24.3 Å². The number of hydrogen-bond acceptors (Lipinski definition) is 5. The molecule has 1 saturated heterocycles. The molecule has 4 heterocycles. The van der Waals surface area contributed by atoms with Gasteiger partial charge in [0.2, 0.25) is 0 Å². The van der Waals surface area contributed by atoms with E-state index in [0.29, 0.717) is 0 Å². The molecule has 0 bridgehead atoms. The highest BCUT2D eigenvalue weighted by Crippen LogP contribution is 2.27. The van der Waals surface area contributed by atoms with Gasteiger partial charge in [0.1, 0.15) is 5.69 Å². The Morgan fingerprint density at radius 3 is 2.67 bits per heavy atom. The predicted molar refractivity (Wildman–Crippen MR) is 125 cm³/mol. The van der Waals surface area contributed by atoms with Gasteiger partial charge in [0.25, 0.3) is 0 Å². The van der Waals surface area contributed by atoms with E-state index in [1.807, 2.05) is 24.4 Å². The SMILES string of the molecule is c1ccc(-c2csc(N3CCN(CCCCc4c[nH]c5ccccc45)CC3)n2)nc1. The summed E-state index contributed by atoms with van der Waals surface area (Å²) < 4.78 is 0. The molecular formula is C24H27N5S. The first-order valence-corrected chi connectivity index (χ1v) is 11.6. The number of aromatic nitrogens is 3. The second-order valence-corrected chi connectivity index (χ2v) is 8.71. The number of unbranched alkanes of at least 4 members (excludes halogenated alkanes) is 1. The number of piperazine rings is 1. The standard InChI is InChI=1S/C24H27N5S/c1-2-9-21-20(8-1)19(17-26-21)7-4-6-12-28-13-15-29(16-14-28)24-27-23(18-30-24)22-10-3-5-11-25-22/h1-3,5,8-11,17-18,26H,4,6-7,12-16H2. The van der Waals surface area contributed by atoms with Crippen molar-refractivity contribution in [2.24, 2.45) is 0 Å². The summed E-state index contributed by atoms with van der Waals surface area (Å²) in [5.41, 5.74) is 4.63. The number of anilines is 1. The van der Waals surface area contributed by atoms with Crippen LogP contribution in [0, 0.1) is 0 Å². The van der Waals surface area contributed by atoms with Gasteiger partial charge in [0.15, 0.2) is 5.13 Å². The maximum absolute atomic E-state index is 4.82. The Balaban J connectivity index is 1.07. The highest BCUT2D eigenvalue weighted by atomic mass is 32.1. The van der Waals surface area contributed by atoms with Crippen LogP contribution in [0.1, 0.15) is 18.4 Å². The molecular weight excluding hydrogens is 390 g/mol. The zero-order valence-electron chi connectivity index (χ0n) is 17.1. The quantitative estimate of drug-likeness (QED) is 0.438. The predicted octanol–water partition coefficient (Wildman–Crippen LogP) is 4.83. The van der Waals surface area contributed by atoms with Crippen molar-refractivity contribution in [2.45, 2.75) is 19.3 Å². The van der Waals surface area contributed by atoms with Crippen LogP contribution in [0.4, 0.5) is 5.13 Å². The first-order chi connectivity index (χ1) is 14.9. The number of nitrogens with zero attached hydrogens (tertiary/aromatic N) is 4. The van der Waals surface area contributed by atoms with Crippen LogP contribution in [-0.4, -0.2) is 52.6 Å². The number of aromatic amines is 1. The van der Waals surface area contributed by atoms with Gasteiger partial charge in [-0.05, 0) is 49.6 Å². The number of aryl methyl sites for hydroxylation is 1. The van der Waals surface area contributed by atoms with Gasteiger partial charge in [-0.15, -0.1) is 11.3 Å². The van der Waals surface area contributed by atoms with E-state index in [2.05, 4.69) is 55.6 Å². The zero-order chi connectivity index (χ0) is 20.2. The van der Waals surface area contributed by atoms with Gasteiger partial charge in [-0.25, -0.2) is 4.98 Å². The van der Waals surface area contributed by atoms with E-state index in [0.717, 1.165) is 49.1 Å². The Bertz CT molecular complexity index is 1080. The van der Waals surface area contributed by atoms with Crippen LogP contribution in [0.5, 0.6) is 0 Å². The lowest BCUT2D eigenvalue weighted by Gasteiger charge is -2.34. The molecule has 0 radical (unpaired) electrons. The molecule has 5 rings (SSSR count). The molecule has 3 aromatic heterocycles. The number of rotatable bonds is 7. The third kappa shape index (κ3) is 4.25. The van der Waals surface area contributed by atoms with Crippen LogP contribution in [0.3, 0.4) is 0 Å². The first-order valence-electron chi connectivity index (χ1n) is 10.8. The first kappa shape index (κ1) is 19.3. The average molecular weight is 418 g/mol. The summed E-state index contributed by atoms with van der Waals surface area (Å²) in [6.45, 7) is 5.53. The molecule has 5 nitrogen and oxygen atoms in total. The van der Waals surface area contributed by atoms with E-state index in [-0.39, 0.29) is 0 Å². The third-order valence-electron chi connectivity index (χ3n) is 5.91. The average Bonchev–Trinajstić information content (AvgIpc) is 3.46. The van der Waals surface area contributed by atoms with Crippen molar-refractivity contribution in [1.82, 2.24) is 19.9 Å². The number of thiazole rings is 1. The second-order valence-electron chi connectivity index (χ2n) is 7.88. The molecule has 1 aromatic carbocycles. The summed E-state index contributed by atoms with van der Waals surface area (Å²) >= 11 is 1.73. The van der Waals surface area contributed by atoms with E-state index in [1.165, 1.54) is 35.9 Å². The minimum Gasteiger partial charge on any atom is -0.361 e. The van der Waals surface area contributed by atoms with Crippen molar-refractivity contribution in [3.8, 4) is 11.4 Å². The molecule has 1 N–H and O–H groups in total. The lowest BCUT2D eigenvalue weighted by Crippen LogP contribution is -2.46. The summed E-state index contributed by atoms with van der Waals surface area (Å²) in [5.74, 6) is 0. The fourth-order valence-electron chi connectivity index (χ4n) is 4.19. The topological polar surface area (TPSA) is 48.0 Å². The van der Waals surface area contributed by atoms with Crippen LogP contribution in [0.25, 0.3) is 22.3 Å². The van der Waals surface area contributed by atoms with Gasteiger partial charge in [0.05, 0.1) is 5.69 Å². The number of fused-ring (bicyclic) bond motifs is 1. The maximum Gasteiger partial charge on any atom is 0.186 e. The molecule has 0 atom stereocenters. The molecule has 1 aliphatic rings. The van der Waals surface area contributed by atoms with E-state index >= 15 is 0 Å². The van der Waals surface area contributed by atoms with Crippen LogP contribution in [-0.2, 0) is 6.42 Å².